The number of rotatable bonds is 1. The lowest BCUT2D eigenvalue weighted by Crippen LogP contribution is -1.80. The number of alkyl halides is 2. The fraction of sp³-hybridized carbons (Fsp3) is 0.111. The number of benzene rings is 1. The number of aromatic hydroxyl groups is 1. The first kappa shape index (κ1) is 9.68. The molecule has 0 fully saturated rings. The monoisotopic (exact) mass is 234 g/mol. The van der Waals surface area contributed by atoms with E-state index in [0.29, 0.717) is 15.1 Å². The quantitative estimate of drug-likeness (QED) is 0.784. The highest BCUT2D eigenvalue weighted by Gasteiger charge is 2.20. The Morgan fingerprint density at radius 1 is 1.36 bits per heavy atom. The van der Waals surface area contributed by atoms with E-state index < -0.39 is 6.43 Å². The Kier molecular flexibility index (Phi) is 2.33. The van der Waals surface area contributed by atoms with Crippen LogP contribution >= 0.6 is 22.9 Å². The van der Waals surface area contributed by atoms with Crippen LogP contribution in [-0.2, 0) is 0 Å². The lowest BCUT2D eigenvalue weighted by Gasteiger charge is -1.97. The molecule has 0 unspecified atom stereocenters. The molecule has 1 nitrogen and oxygen atoms in total. The summed E-state index contributed by atoms with van der Waals surface area (Å²) in [7, 11) is 0. The summed E-state index contributed by atoms with van der Waals surface area (Å²) in [5.74, 6) is 0. The van der Waals surface area contributed by atoms with E-state index in [0.717, 1.165) is 11.3 Å². The van der Waals surface area contributed by atoms with Crippen molar-refractivity contribution >= 4 is 33.0 Å². The fourth-order valence-corrected chi connectivity index (χ4v) is 2.55. The number of fused-ring (bicyclic) bond motifs is 1. The molecule has 2 rings (SSSR count). The standard InChI is InChI=1S/C9H5ClF2OS/c10-5-3-1-2-4-6(8(11)12)9(13)14-7(4)5/h1-3,8,13H. The number of thiophene rings is 1. The van der Waals surface area contributed by atoms with Crippen LogP contribution in [0, 0.1) is 0 Å². The molecule has 1 N–H and O–H groups in total. The minimum absolute atomic E-state index is 0.326. The summed E-state index contributed by atoms with van der Waals surface area (Å²) in [6.07, 6.45) is -2.68. The zero-order chi connectivity index (χ0) is 10.3. The summed E-state index contributed by atoms with van der Waals surface area (Å²) in [5, 5.41) is 9.66. The summed E-state index contributed by atoms with van der Waals surface area (Å²) in [6, 6.07) is 4.72. The molecule has 0 amide bonds. The Bertz CT molecular complexity index is 481. The van der Waals surface area contributed by atoms with E-state index in [4.69, 9.17) is 11.6 Å². The Balaban J connectivity index is 2.83. The van der Waals surface area contributed by atoms with Gasteiger partial charge in [0.1, 0.15) is 0 Å². The second-order valence-corrected chi connectivity index (χ2v) is 4.14. The summed E-state index contributed by atoms with van der Waals surface area (Å²) in [6.45, 7) is 0. The van der Waals surface area contributed by atoms with Gasteiger partial charge in [-0.2, -0.15) is 0 Å². The van der Waals surface area contributed by atoms with E-state index in [1.807, 2.05) is 0 Å². The van der Waals surface area contributed by atoms with Gasteiger partial charge in [-0.25, -0.2) is 8.78 Å². The SMILES string of the molecule is Oc1sc2c(Cl)cccc2c1C(F)F. The Hall–Kier alpha value is -0.870. The molecule has 74 valence electrons. The Labute approximate surface area is 87.5 Å². The van der Waals surface area contributed by atoms with Crippen molar-refractivity contribution in [3.05, 3.63) is 28.8 Å². The van der Waals surface area contributed by atoms with Crippen molar-refractivity contribution < 1.29 is 13.9 Å². The Morgan fingerprint density at radius 3 is 2.71 bits per heavy atom. The first-order chi connectivity index (χ1) is 6.61. The first-order valence-electron chi connectivity index (χ1n) is 3.79. The van der Waals surface area contributed by atoms with E-state index in [1.165, 1.54) is 6.07 Å². The molecule has 1 aromatic carbocycles. The third-order valence-electron chi connectivity index (χ3n) is 1.90. The molecule has 1 heterocycles. The normalized spacial score (nSPS) is 11.4. The summed E-state index contributed by atoms with van der Waals surface area (Å²) in [4.78, 5) is 0. The average Bonchev–Trinajstić information content (AvgIpc) is 2.42. The van der Waals surface area contributed by atoms with Gasteiger partial charge in [0.25, 0.3) is 6.43 Å². The van der Waals surface area contributed by atoms with Crippen LogP contribution in [0.5, 0.6) is 5.06 Å². The molecule has 1 aromatic heterocycles. The van der Waals surface area contributed by atoms with Gasteiger partial charge in [-0.3, -0.25) is 0 Å². The third kappa shape index (κ3) is 1.35. The highest BCUT2D eigenvalue weighted by atomic mass is 35.5. The highest BCUT2D eigenvalue weighted by Crippen LogP contribution is 2.44. The maximum Gasteiger partial charge on any atom is 0.268 e. The largest absolute Gasteiger partial charge is 0.499 e. The van der Waals surface area contributed by atoms with Crippen LogP contribution in [0.3, 0.4) is 0 Å². The maximum atomic E-state index is 12.5. The molecule has 0 saturated carbocycles. The van der Waals surface area contributed by atoms with Gasteiger partial charge in [0, 0.05) is 5.39 Å². The van der Waals surface area contributed by atoms with Crippen molar-refractivity contribution in [2.45, 2.75) is 6.43 Å². The fourth-order valence-electron chi connectivity index (χ4n) is 1.30. The van der Waals surface area contributed by atoms with Gasteiger partial charge in [0.05, 0.1) is 15.3 Å². The van der Waals surface area contributed by atoms with Crippen molar-refractivity contribution in [1.29, 1.82) is 0 Å². The lowest BCUT2D eigenvalue weighted by molar-refractivity contribution is 0.150. The zero-order valence-electron chi connectivity index (χ0n) is 6.80. The molecular weight excluding hydrogens is 230 g/mol. The molecule has 0 spiro atoms. The van der Waals surface area contributed by atoms with Crippen molar-refractivity contribution in [3.8, 4) is 5.06 Å². The molecular formula is C9H5ClF2OS. The van der Waals surface area contributed by atoms with Crippen LogP contribution in [0.2, 0.25) is 5.02 Å². The van der Waals surface area contributed by atoms with Gasteiger partial charge in [0.15, 0.2) is 5.06 Å². The minimum atomic E-state index is -2.68. The van der Waals surface area contributed by atoms with Crippen LogP contribution in [-0.4, -0.2) is 5.11 Å². The molecule has 0 bridgehead atoms. The van der Waals surface area contributed by atoms with Gasteiger partial charge < -0.3 is 5.11 Å². The molecule has 14 heavy (non-hydrogen) atoms. The molecule has 0 radical (unpaired) electrons. The summed E-state index contributed by atoms with van der Waals surface area (Å²) < 4.78 is 25.6. The molecule has 0 atom stereocenters. The molecule has 0 aliphatic rings. The molecule has 0 aliphatic heterocycles. The predicted octanol–water partition coefficient (Wildman–Crippen LogP) is 4.20. The topological polar surface area (TPSA) is 20.2 Å². The van der Waals surface area contributed by atoms with Crippen LogP contribution in [0.25, 0.3) is 10.1 Å². The maximum absolute atomic E-state index is 12.5. The van der Waals surface area contributed by atoms with E-state index in [-0.39, 0.29) is 10.6 Å². The van der Waals surface area contributed by atoms with Crippen LogP contribution in [0.4, 0.5) is 8.78 Å². The van der Waals surface area contributed by atoms with Gasteiger partial charge in [0.2, 0.25) is 0 Å². The minimum Gasteiger partial charge on any atom is -0.499 e. The van der Waals surface area contributed by atoms with Gasteiger partial charge >= 0.3 is 0 Å². The van der Waals surface area contributed by atoms with E-state index in [1.54, 1.807) is 12.1 Å². The summed E-state index contributed by atoms with van der Waals surface area (Å²) in [5.41, 5.74) is -0.326. The van der Waals surface area contributed by atoms with E-state index in [2.05, 4.69) is 0 Å². The first-order valence-corrected chi connectivity index (χ1v) is 4.98. The Morgan fingerprint density at radius 2 is 2.07 bits per heavy atom. The predicted molar refractivity (Wildman–Crippen MR) is 53.5 cm³/mol. The summed E-state index contributed by atoms with van der Waals surface area (Å²) >= 11 is 6.68. The highest BCUT2D eigenvalue weighted by molar-refractivity contribution is 7.21. The van der Waals surface area contributed by atoms with Gasteiger partial charge in [-0.15, -0.1) is 0 Å². The second kappa shape index (κ2) is 3.37. The van der Waals surface area contributed by atoms with Crippen molar-refractivity contribution in [1.82, 2.24) is 0 Å². The van der Waals surface area contributed by atoms with Crippen molar-refractivity contribution in [2.24, 2.45) is 0 Å². The van der Waals surface area contributed by atoms with E-state index in [9.17, 15) is 13.9 Å². The molecule has 5 heteroatoms. The average molecular weight is 235 g/mol. The second-order valence-electron chi connectivity index (χ2n) is 2.74. The van der Waals surface area contributed by atoms with E-state index >= 15 is 0 Å². The van der Waals surface area contributed by atoms with Crippen LogP contribution < -0.4 is 0 Å². The number of hydrogen-bond acceptors (Lipinski definition) is 2. The molecule has 2 aromatic rings. The van der Waals surface area contributed by atoms with Crippen LogP contribution in [0.1, 0.15) is 12.0 Å². The molecule has 0 saturated heterocycles. The smallest absolute Gasteiger partial charge is 0.268 e. The number of halogens is 3. The lowest BCUT2D eigenvalue weighted by atomic mass is 10.2. The number of hydrogen-bond donors (Lipinski definition) is 1. The van der Waals surface area contributed by atoms with Crippen LogP contribution in [0.15, 0.2) is 18.2 Å². The van der Waals surface area contributed by atoms with Gasteiger partial charge in [-0.1, -0.05) is 35.1 Å². The van der Waals surface area contributed by atoms with Crippen molar-refractivity contribution in [2.75, 3.05) is 0 Å². The third-order valence-corrected chi connectivity index (χ3v) is 3.39. The van der Waals surface area contributed by atoms with Gasteiger partial charge in [-0.05, 0) is 6.07 Å². The molecule has 0 aliphatic carbocycles. The van der Waals surface area contributed by atoms with Crippen molar-refractivity contribution in [3.63, 3.8) is 0 Å². The zero-order valence-corrected chi connectivity index (χ0v) is 8.37.